The number of H-pyrrole nitrogens is 1. The number of hydrogen-bond acceptors (Lipinski definition) is 8. The molecule has 0 fully saturated rings. The average Bonchev–Trinajstić information content (AvgIpc) is 3.94. The molecule has 10 nitrogen and oxygen atoms in total. The van der Waals surface area contributed by atoms with Gasteiger partial charge in [0.2, 0.25) is 0 Å². The number of nitrogens with zero attached hydrogens (tertiary/aromatic N) is 8. The van der Waals surface area contributed by atoms with E-state index < -0.39 is 17.2 Å². The Bertz CT molecular complexity index is 2420. The molecule has 0 unspecified atom stereocenters. The number of aromatic nitrogens is 7. The molecule has 8 aromatic rings. The van der Waals surface area contributed by atoms with E-state index in [2.05, 4.69) is 53.6 Å². The number of halogens is 2. The van der Waals surface area contributed by atoms with Gasteiger partial charge in [-0.25, -0.2) is 0 Å². The summed E-state index contributed by atoms with van der Waals surface area (Å²) in [5.41, 5.74) is 7.97. The third kappa shape index (κ3) is 15.4. The van der Waals surface area contributed by atoms with Gasteiger partial charge in [0.05, 0.1) is 40.3 Å². The topological polar surface area (TPSA) is 165 Å². The van der Waals surface area contributed by atoms with E-state index in [1.165, 1.54) is 0 Å². The summed E-state index contributed by atoms with van der Waals surface area (Å²) in [6.07, 6.45) is 5.02. The van der Waals surface area contributed by atoms with Crippen LogP contribution in [0.3, 0.4) is 0 Å². The molecule has 14 heteroatoms. The van der Waals surface area contributed by atoms with Crippen LogP contribution in [0.15, 0.2) is 146 Å². The molecular weight excluding hydrogens is 952 g/mol. The van der Waals surface area contributed by atoms with E-state index in [4.69, 9.17) is 10.5 Å². The van der Waals surface area contributed by atoms with E-state index in [0.29, 0.717) is 16.8 Å². The summed E-state index contributed by atoms with van der Waals surface area (Å²) in [5.74, 6) is -1.29. The Morgan fingerprint density at radius 3 is 1.63 bits per heavy atom. The summed E-state index contributed by atoms with van der Waals surface area (Å²) in [6, 6.07) is 43.6. The molecule has 1 radical (unpaired) electrons. The van der Waals surface area contributed by atoms with Crippen molar-refractivity contribution in [1.29, 1.82) is 10.5 Å². The summed E-state index contributed by atoms with van der Waals surface area (Å²) in [5, 5.41) is 43.2. The molecule has 5 heterocycles. The molecule has 0 saturated carbocycles. The molecule has 0 amide bonds. The summed E-state index contributed by atoms with van der Waals surface area (Å²) >= 11 is 0. The van der Waals surface area contributed by atoms with Crippen molar-refractivity contribution in [3.8, 4) is 68.7 Å². The predicted octanol–water partition coefficient (Wildman–Crippen LogP) is 5.62. The average molecular weight is 986 g/mol. The van der Waals surface area contributed by atoms with Crippen LogP contribution in [0.2, 0.25) is 0 Å². The van der Waals surface area contributed by atoms with E-state index in [1.54, 1.807) is 81.8 Å². The minimum Gasteiger partial charge on any atom is -0.850 e. The van der Waals surface area contributed by atoms with Gasteiger partial charge < -0.3 is 20.3 Å². The van der Waals surface area contributed by atoms with Gasteiger partial charge in [-0.3, -0.25) is 23.8 Å². The second-order valence-electron chi connectivity index (χ2n) is 13.0. The molecule has 8 rings (SSSR count). The molecule has 5 aromatic heterocycles. The van der Waals surface area contributed by atoms with Gasteiger partial charge in [-0.1, -0.05) is 86.6 Å². The van der Waals surface area contributed by atoms with Gasteiger partial charge in [0.1, 0.15) is 0 Å². The summed E-state index contributed by atoms with van der Waals surface area (Å²) in [7, 11) is 0. The zero-order valence-corrected chi connectivity index (χ0v) is 37.9. The first-order valence-electron chi connectivity index (χ1n) is 17.4. The van der Waals surface area contributed by atoms with Gasteiger partial charge in [0.15, 0.2) is 0 Å². The maximum atomic E-state index is 13.2. The number of nitriles is 2. The van der Waals surface area contributed by atoms with Crippen LogP contribution in [-0.4, -0.2) is 35.8 Å². The van der Waals surface area contributed by atoms with Gasteiger partial charge in [-0.05, 0) is 78.0 Å². The SMILES string of the molecule is CC(C)(C)[O-].Fc1c[c-]c(-c2ccccn2)c(F)c1.N#Cc1ccc(-c2cc(-c3ccccn3)[n-]n2)cc1.N#Cc1ccc(-c2cc(-c3ccccn3)[nH]n2)cc1.[Ir].[K+]. The van der Waals surface area contributed by atoms with Crippen molar-refractivity contribution in [2.24, 2.45) is 0 Å². The van der Waals surface area contributed by atoms with Crippen molar-refractivity contribution < 1.29 is 85.4 Å². The molecular formula is C45H34F2IrKN9O-2. The van der Waals surface area contributed by atoms with Gasteiger partial charge in [0.25, 0.3) is 0 Å². The molecule has 0 saturated heterocycles. The first-order chi connectivity index (χ1) is 27.5. The number of aromatic amines is 1. The maximum absolute atomic E-state index is 13.2. The fraction of sp³-hybridized carbons (Fsp3) is 0.0889. The predicted molar refractivity (Wildman–Crippen MR) is 211 cm³/mol. The number of pyridine rings is 3. The Morgan fingerprint density at radius 1 is 0.661 bits per heavy atom. The summed E-state index contributed by atoms with van der Waals surface area (Å²) in [6.45, 7) is 4.90. The Hall–Kier alpha value is -5.38. The van der Waals surface area contributed by atoms with Crippen molar-refractivity contribution in [1.82, 2.24) is 35.3 Å². The van der Waals surface area contributed by atoms with Crippen LogP contribution in [0.1, 0.15) is 31.9 Å². The minimum absolute atomic E-state index is 0. The normalized spacial score (nSPS) is 9.90. The summed E-state index contributed by atoms with van der Waals surface area (Å²) in [4.78, 5) is 12.5. The molecule has 0 aliphatic rings. The second kappa shape index (κ2) is 23.9. The van der Waals surface area contributed by atoms with E-state index in [-0.39, 0.29) is 77.1 Å². The number of rotatable bonds is 5. The van der Waals surface area contributed by atoms with Crippen LogP contribution in [0.5, 0.6) is 0 Å². The monoisotopic (exact) mass is 986 g/mol. The van der Waals surface area contributed by atoms with Crippen molar-refractivity contribution in [3.63, 3.8) is 0 Å². The van der Waals surface area contributed by atoms with Crippen LogP contribution >= 0.6 is 0 Å². The van der Waals surface area contributed by atoms with Crippen molar-refractivity contribution in [2.75, 3.05) is 0 Å². The number of hydrogen-bond donors (Lipinski definition) is 1. The molecule has 291 valence electrons. The third-order valence-corrected chi connectivity index (χ3v) is 7.38. The quantitative estimate of drug-likeness (QED) is 0.170. The Labute approximate surface area is 397 Å². The fourth-order valence-corrected chi connectivity index (χ4v) is 4.78. The third-order valence-electron chi connectivity index (χ3n) is 7.38. The molecule has 1 N–H and O–H groups in total. The van der Waals surface area contributed by atoms with Crippen molar-refractivity contribution in [2.45, 2.75) is 26.4 Å². The Morgan fingerprint density at radius 2 is 1.15 bits per heavy atom. The second-order valence-corrected chi connectivity index (χ2v) is 13.0. The smallest absolute Gasteiger partial charge is 0.850 e. The molecule has 0 bridgehead atoms. The fourth-order valence-electron chi connectivity index (χ4n) is 4.78. The number of nitrogens with one attached hydrogen (secondary N) is 1. The largest absolute Gasteiger partial charge is 1.00 e. The Balaban J connectivity index is 0.000000222. The molecule has 0 aliphatic carbocycles. The standard InChI is InChI=1S/C15H10N4.C15H9N4.C11H6F2N.C4H9O.Ir.K/c2*16-10-11-4-6-12(7-5-11)14-9-15(19-18-14)13-3-1-2-8-17-13;12-8-4-5-9(10(13)7-8)11-3-1-2-6-14-11;1-4(2,3)5;;/h1-9H,(H,18,19);1-9H;1-4,6-7H;1-3H3;;/q;3*-1;;+1. The maximum Gasteiger partial charge on any atom is 1.00 e. The molecule has 3 aromatic carbocycles. The zero-order valence-electron chi connectivity index (χ0n) is 32.4. The van der Waals surface area contributed by atoms with Gasteiger partial charge in [-0.2, -0.15) is 15.6 Å². The molecule has 0 spiro atoms. The molecule has 59 heavy (non-hydrogen) atoms. The van der Waals surface area contributed by atoms with E-state index >= 15 is 0 Å². The number of benzene rings is 3. The van der Waals surface area contributed by atoms with Crippen molar-refractivity contribution >= 4 is 0 Å². The van der Waals surface area contributed by atoms with E-state index in [1.807, 2.05) is 72.8 Å². The van der Waals surface area contributed by atoms with Crippen LogP contribution < -0.4 is 61.6 Å². The van der Waals surface area contributed by atoms with Crippen LogP contribution in [0, 0.1) is 40.4 Å². The van der Waals surface area contributed by atoms with Gasteiger partial charge in [0, 0.05) is 67.3 Å². The first kappa shape index (κ1) is 48.0. The zero-order chi connectivity index (χ0) is 40.6. The first-order valence-corrected chi connectivity index (χ1v) is 17.4. The van der Waals surface area contributed by atoms with Crippen LogP contribution in [0.4, 0.5) is 8.78 Å². The van der Waals surface area contributed by atoms with E-state index in [9.17, 15) is 13.9 Å². The van der Waals surface area contributed by atoms with Crippen LogP contribution in [0.25, 0.3) is 56.5 Å². The van der Waals surface area contributed by atoms with Gasteiger partial charge in [-0.15, -0.1) is 17.7 Å². The summed E-state index contributed by atoms with van der Waals surface area (Å²) < 4.78 is 25.8. The molecule has 0 aliphatic heterocycles. The van der Waals surface area contributed by atoms with Crippen molar-refractivity contribution in [3.05, 3.63) is 175 Å². The molecule has 0 atom stereocenters. The minimum atomic E-state index is -0.750. The van der Waals surface area contributed by atoms with Crippen LogP contribution in [-0.2, 0) is 20.1 Å². The van der Waals surface area contributed by atoms with E-state index in [0.717, 1.165) is 57.4 Å². The van der Waals surface area contributed by atoms with Gasteiger partial charge >= 0.3 is 51.4 Å². The Kier molecular flexibility index (Phi) is 19.4.